The number of aromatic carboxylic acids is 1. The summed E-state index contributed by atoms with van der Waals surface area (Å²) in [6, 6.07) is 7.20. The normalized spacial score (nSPS) is 42.8. The second-order valence-corrected chi connectivity index (χ2v) is 17.3. The smallest absolute Gasteiger partial charge is 0.336 e. The van der Waals surface area contributed by atoms with Crippen LogP contribution in [0.15, 0.2) is 35.9 Å². The van der Waals surface area contributed by atoms with Gasteiger partial charge in [0.25, 0.3) is 0 Å². The molecule has 0 radical (unpaired) electrons. The predicted octanol–water partition coefficient (Wildman–Crippen LogP) is 9.16. The third kappa shape index (κ3) is 4.33. The van der Waals surface area contributed by atoms with E-state index in [2.05, 4.69) is 54.5 Å². The van der Waals surface area contributed by atoms with Gasteiger partial charge >= 0.3 is 11.9 Å². The van der Waals surface area contributed by atoms with Crippen LogP contribution in [0.3, 0.4) is 0 Å². The molecular formula is C38H54O5. The number of fused-ring (bicyclic) bond motifs is 7. The second-order valence-electron chi connectivity index (χ2n) is 17.3. The molecule has 0 saturated heterocycles. The Bertz CT molecular complexity index is 1340. The van der Waals surface area contributed by atoms with Crippen molar-refractivity contribution in [2.45, 2.75) is 125 Å². The van der Waals surface area contributed by atoms with E-state index in [1.807, 2.05) is 12.1 Å². The molecule has 8 atom stereocenters. The highest BCUT2D eigenvalue weighted by atomic mass is 16.5. The highest BCUT2D eigenvalue weighted by Crippen LogP contribution is 2.75. The van der Waals surface area contributed by atoms with Crippen molar-refractivity contribution in [2.24, 2.45) is 50.2 Å². The summed E-state index contributed by atoms with van der Waals surface area (Å²) in [4.78, 5) is 24.7. The molecule has 0 amide bonds. The van der Waals surface area contributed by atoms with Crippen LogP contribution in [-0.2, 0) is 16.1 Å². The number of carbonyl (C=O) groups is 2. The van der Waals surface area contributed by atoms with Gasteiger partial charge in [-0.15, -0.1) is 0 Å². The van der Waals surface area contributed by atoms with Gasteiger partial charge in [-0.2, -0.15) is 0 Å². The molecule has 0 unspecified atom stereocenters. The summed E-state index contributed by atoms with van der Waals surface area (Å²) in [5.74, 6) is -0.260. The second kappa shape index (κ2) is 9.93. The zero-order chi connectivity index (χ0) is 31.2. The topological polar surface area (TPSA) is 83.8 Å². The number of benzene rings is 1. The Balaban J connectivity index is 1.29. The van der Waals surface area contributed by atoms with E-state index in [-0.39, 0.29) is 39.1 Å². The Morgan fingerprint density at radius 1 is 0.860 bits per heavy atom. The Kier molecular flexibility index (Phi) is 7.13. The highest BCUT2D eigenvalue weighted by Gasteiger charge is 2.69. The summed E-state index contributed by atoms with van der Waals surface area (Å²) >= 11 is 0. The van der Waals surface area contributed by atoms with Gasteiger partial charge in [-0.05, 0) is 121 Å². The Labute approximate surface area is 258 Å². The first-order chi connectivity index (χ1) is 20.0. The van der Waals surface area contributed by atoms with Crippen LogP contribution < -0.4 is 0 Å². The van der Waals surface area contributed by atoms with Crippen LogP contribution in [0, 0.1) is 50.2 Å². The lowest BCUT2D eigenvalue weighted by Crippen LogP contribution is -2.65. The van der Waals surface area contributed by atoms with Crippen molar-refractivity contribution in [1.82, 2.24) is 0 Å². The number of carboxylic acid groups (broad SMARTS) is 2. The van der Waals surface area contributed by atoms with Crippen LogP contribution in [0.5, 0.6) is 0 Å². The van der Waals surface area contributed by atoms with Gasteiger partial charge in [0, 0.05) is 0 Å². The monoisotopic (exact) mass is 590 g/mol. The molecule has 236 valence electrons. The number of hydrogen-bond donors (Lipinski definition) is 2. The molecule has 6 rings (SSSR count). The molecular weight excluding hydrogens is 536 g/mol. The van der Waals surface area contributed by atoms with Gasteiger partial charge < -0.3 is 14.9 Å². The minimum Gasteiger partial charge on any atom is -0.481 e. The lowest BCUT2D eigenvalue weighted by molar-refractivity contribution is -0.214. The van der Waals surface area contributed by atoms with Gasteiger partial charge in [-0.25, -0.2) is 4.79 Å². The van der Waals surface area contributed by atoms with E-state index in [1.54, 1.807) is 12.1 Å². The van der Waals surface area contributed by atoms with E-state index in [1.165, 1.54) is 12.0 Å². The van der Waals surface area contributed by atoms with Crippen LogP contribution in [0.1, 0.15) is 129 Å². The maximum Gasteiger partial charge on any atom is 0.336 e. The van der Waals surface area contributed by atoms with Crippen LogP contribution in [0.2, 0.25) is 0 Å². The van der Waals surface area contributed by atoms with E-state index >= 15 is 0 Å². The minimum atomic E-state index is -0.903. The molecule has 4 fully saturated rings. The van der Waals surface area contributed by atoms with E-state index in [9.17, 15) is 19.8 Å². The maximum absolute atomic E-state index is 12.9. The van der Waals surface area contributed by atoms with Crippen LogP contribution in [0.25, 0.3) is 0 Å². The van der Waals surface area contributed by atoms with E-state index in [0.29, 0.717) is 24.0 Å². The Hall–Kier alpha value is -2.14. The SMILES string of the molecule is CC1(C)CC[C@]2(C(=O)O)CC[C@]3(C)C(=CC[C@@H]4[C@@]5(C)CC[C@H](OCc6ccccc6C(=O)O)C(C)(C)[C@@H]5CC[C@]43C)[C@@H]2C1. The van der Waals surface area contributed by atoms with Crippen molar-refractivity contribution in [3.05, 3.63) is 47.0 Å². The average Bonchev–Trinajstić information content (AvgIpc) is 2.92. The number of carboxylic acids is 2. The zero-order valence-corrected chi connectivity index (χ0v) is 27.6. The molecule has 4 saturated carbocycles. The fourth-order valence-corrected chi connectivity index (χ4v) is 11.9. The van der Waals surface area contributed by atoms with Crippen molar-refractivity contribution in [1.29, 1.82) is 0 Å². The molecule has 0 bridgehead atoms. The van der Waals surface area contributed by atoms with Crippen LogP contribution in [-0.4, -0.2) is 28.3 Å². The van der Waals surface area contributed by atoms with Gasteiger partial charge in [0.1, 0.15) is 0 Å². The molecule has 0 spiro atoms. The molecule has 5 aliphatic rings. The molecule has 0 aliphatic heterocycles. The quantitative estimate of drug-likeness (QED) is 0.334. The summed E-state index contributed by atoms with van der Waals surface area (Å²) in [5, 5.41) is 20.3. The van der Waals surface area contributed by atoms with Gasteiger partial charge in [0.15, 0.2) is 0 Å². The standard InChI is InChI=1S/C38H54O5/c1-33(2)18-20-38(32(41)42)21-19-36(6)26(27(38)22-33)12-13-29-35(5)16-15-30(34(3,4)28(35)14-17-37(29,36)7)43-23-24-10-8-9-11-25(24)31(39)40/h8-12,27-30H,13-23H2,1-7H3,(H,39,40)(H,41,42)/t27-,28-,29+,30-,35-,36+,37+,38-/m0/s1. The van der Waals surface area contributed by atoms with Crippen molar-refractivity contribution < 1.29 is 24.5 Å². The zero-order valence-electron chi connectivity index (χ0n) is 27.6. The van der Waals surface area contributed by atoms with Gasteiger partial charge in [0.05, 0.1) is 23.7 Å². The van der Waals surface area contributed by atoms with Crippen molar-refractivity contribution >= 4 is 11.9 Å². The first-order valence-corrected chi connectivity index (χ1v) is 16.9. The Morgan fingerprint density at radius 3 is 2.26 bits per heavy atom. The number of aliphatic carboxylic acids is 1. The summed E-state index contributed by atoms with van der Waals surface area (Å²) in [7, 11) is 0. The van der Waals surface area contributed by atoms with E-state index < -0.39 is 17.4 Å². The summed E-state index contributed by atoms with van der Waals surface area (Å²) in [6.07, 6.45) is 12.7. The fraction of sp³-hybridized carbons (Fsp3) is 0.737. The molecule has 0 aromatic heterocycles. The predicted molar refractivity (Wildman–Crippen MR) is 169 cm³/mol. The first kappa shape index (κ1) is 30.9. The minimum absolute atomic E-state index is 0.0268. The van der Waals surface area contributed by atoms with Crippen molar-refractivity contribution in [3.8, 4) is 0 Å². The highest BCUT2D eigenvalue weighted by molar-refractivity contribution is 5.89. The number of hydrogen-bond acceptors (Lipinski definition) is 3. The number of ether oxygens (including phenoxy) is 1. The molecule has 1 aromatic rings. The van der Waals surface area contributed by atoms with Gasteiger partial charge in [0.2, 0.25) is 0 Å². The molecule has 0 heterocycles. The summed E-state index contributed by atoms with van der Waals surface area (Å²) in [6.45, 7) is 17.4. The van der Waals surface area contributed by atoms with Crippen molar-refractivity contribution in [2.75, 3.05) is 0 Å². The largest absolute Gasteiger partial charge is 0.481 e. The van der Waals surface area contributed by atoms with Gasteiger partial charge in [-0.1, -0.05) is 78.3 Å². The lowest BCUT2D eigenvalue weighted by Gasteiger charge is -2.71. The Morgan fingerprint density at radius 2 is 1.56 bits per heavy atom. The molecule has 1 aromatic carbocycles. The number of rotatable bonds is 5. The molecule has 5 heteroatoms. The lowest BCUT2D eigenvalue weighted by atomic mass is 9.33. The fourth-order valence-electron chi connectivity index (χ4n) is 11.9. The first-order valence-electron chi connectivity index (χ1n) is 16.9. The maximum atomic E-state index is 12.9. The average molecular weight is 591 g/mol. The summed E-state index contributed by atoms with van der Waals surface area (Å²) < 4.78 is 6.62. The molecule has 43 heavy (non-hydrogen) atoms. The van der Waals surface area contributed by atoms with Crippen LogP contribution in [0.4, 0.5) is 0 Å². The van der Waals surface area contributed by atoms with Crippen molar-refractivity contribution in [3.63, 3.8) is 0 Å². The van der Waals surface area contributed by atoms with E-state index in [4.69, 9.17) is 4.74 Å². The third-order valence-corrected chi connectivity index (χ3v) is 14.7. The molecule has 2 N–H and O–H groups in total. The third-order valence-electron chi connectivity index (χ3n) is 14.7. The molecule has 5 aliphatic carbocycles. The van der Waals surface area contributed by atoms with Gasteiger partial charge in [-0.3, -0.25) is 4.79 Å². The summed E-state index contributed by atoms with van der Waals surface area (Å²) in [5.41, 5.74) is 2.45. The van der Waals surface area contributed by atoms with Crippen LogP contribution >= 0.6 is 0 Å². The van der Waals surface area contributed by atoms with E-state index in [0.717, 1.165) is 63.4 Å². The molecule has 5 nitrogen and oxygen atoms in total. The number of allylic oxidation sites excluding steroid dienone is 2.